The molecule has 110 valence electrons. The highest BCUT2D eigenvalue weighted by Crippen LogP contribution is 2.20. The third kappa shape index (κ3) is 3.40. The number of benzene rings is 1. The molecule has 0 bridgehead atoms. The lowest BCUT2D eigenvalue weighted by molar-refractivity contribution is 0.0697. The van der Waals surface area contributed by atoms with Crippen molar-refractivity contribution < 1.29 is 19.1 Å². The Bertz CT molecular complexity index is 687. The van der Waals surface area contributed by atoms with Gasteiger partial charge in [-0.1, -0.05) is 17.8 Å². The number of carboxylic acid groups (broad SMARTS) is 1. The summed E-state index contributed by atoms with van der Waals surface area (Å²) in [6.45, 7) is 1.95. The van der Waals surface area contributed by atoms with Crippen molar-refractivity contribution in [3.8, 4) is 0 Å². The number of carbonyl (C=O) groups is 2. The number of amides is 1. The van der Waals surface area contributed by atoms with Crippen LogP contribution in [0.1, 0.15) is 39.1 Å². The van der Waals surface area contributed by atoms with Gasteiger partial charge in [0.1, 0.15) is 10.7 Å². The van der Waals surface area contributed by atoms with Crippen LogP contribution in [0.4, 0.5) is 10.1 Å². The Labute approximate surface area is 123 Å². The van der Waals surface area contributed by atoms with Crippen molar-refractivity contribution in [2.24, 2.45) is 0 Å². The maximum atomic E-state index is 13.1. The van der Waals surface area contributed by atoms with E-state index in [0.717, 1.165) is 30.1 Å². The van der Waals surface area contributed by atoms with E-state index in [1.807, 2.05) is 6.92 Å². The van der Waals surface area contributed by atoms with Gasteiger partial charge < -0.3 is 10.4 Å². The normalized spacial score (nSPS) is 10.4. The minimum atomic E-state index is -1.32. The van der Waals surface area contributed by atoms with Crippen LogP contribution in [0, 0.1) is 5.82 Å². The molecule has 0 spiro atoms. The van der Waals surface area contributed by atoms with E-state index in [1.54, 1.807) is 0 Å². The van der Waals surface area contributed by atoms with Crippen LogP contribution in [-0.4, -0.2) is 26.6 Å². The Kier molecular flexibility index (Phi) is 4.59. The Morgan fingerprint density at radius 1 is 1.43 bits per heavy atom. The van der Waals surface area contributed by atoms with Crippen molar-refractivity contribution >= 4 is 29.1 Å². The number of carboxylic acids is 1. The van der Waals surface area contributed by atoms with Crippen LogP contribution in [-0.2, 0) is 6.42 Å². The average Bonchev–Trinajstić information content (AvgIpc) is 2.89. The minimum absolute atomic E-state index is 0.0322. The smallest absolute Gasteiger partial charge is 0.337 e. The molecule has 1 heterocycles. The molecule has 2 aromatic rings. The topological polar surface area (TPSA) is 92.2 Å². The van der Waals surface area contributed by atoms with Gasteiger partial charge in [0, 0.05) is 0 Å². The van der Waals surface area contributed by atoms with Crippen LogP contribution in [0.25, 0.3) is 0 Å². The van der Waals surface area contributed by atoms with Crippen LogP contribution in [0.2, 0.25) is 0 Å². The Balaban J connectivity index is 2.27. The molecule has 2 N–H and O–H groups in total. The van der Waals surface area contributed by atoms with Gasteiger partial charge in [-0.15, -0.1) is 5.10 Å². The molecule has 0 aliphatic heterocycles. The molecule has 21 heavy (non-hydrogen) atoms. The highest BCUT2D eigenvalue weighted by Gasteiger charge is 2.19. The van der Waals surface area contributed by atoms with Crippen LogP contribution in [0.15, 0.2) is 18.2 Å². The fourth-order valence-corrected chi connectivity index (χ4v) is 2.37. The Hall–Kier alpha value is -2.35. The first-order chi connectivity index (χ1) is 10.0. The summed E-state index contributed by atoms with van der Waals surface area (Å²) in [5.41, 5.74) is 0.293. The van der Waals surface area contributed by atoms with Gasteiger partial charge in [0.15, 0.2) is 0 Å². The van der Waals surface area contributed by atoms with E-state index in [0.29, 0.717) is 17.0 Å². The number of aromatic carboxylic acids is 1. The van der Waals surface area contributed by atoms with E-state index in [1.165, 1.54) is 6.07 Å². The standard InChI is InChI=1S/C13H12FN3O3S/c1-2-3-10-11(21-17-16-10)12(18)15-9-5-4-7(14)6-8(9)13(19)20/h4-6H,2-3H2,1H3,(H,15,18)(H,19,20). The zero-order valence-electron chi connectivity index (χ0n) is 11.1. The van der Waals surface area contributed by atoms with Crippen LogP contribution in [0.5, 0.6) is 0 Å². The summed E-state index contributed by atoms with van der Waals surface area (Å²) < 4.78 is 16.8. The third-order valence-electron chi connectivity index (χ3n) is 2.71. The first kappa shape index (κ1) is 15.0. The molecule has 0 fully saturated rings. The van der Waals surface area contributed by atoms with E-state index in [9.17, 15) is 14.0 Å². The lowest BCUT2D eigenvalue weighted by atomic mass is 10.1. The molecule has 0 aliphatic rings. The molecule has 0 atom stereocenters. The second-order valence-corrected chi connectivity index (χ2v) is 5.00. The molecule has 8 heteroatoms. The van der Waals surface area contributed by atoms with E-state index in [-0.39, 0.29) is 11.3 Å². The first-order valence-corrected chi connectivity index (χ1v) is 6.95. The maximum Gasteiger partial charge on any atom is 0.337 e. The molecule has 0 radical (unpaired) electrons. The first-order valence-electron chi connectivity index (χ1n) is 6.18. The summed E-state index contributed by atoms with van der Waals surface area (Å²) in [6.07, 6.45) is 1.41. The summed E-state index contributed by atoms with van der Waals surface area (Å²) in [4.78, 5) is 23.6. The van der Waals surface area contributed by atoms with Gasteiger partial charge in [0.2, 0.25) is 0 Å². The highest BCUT2D eigenvalue weighted by molar-refractivity contribution is 7.08. The van der Waals surface area contributed by atoms with Crippen LogP contribution >= 0.6 is 11.5 Å². The number of anilines is 1. The Morgan fingerprint density at radius 3 is 2.86 bits per heavy atom. The molecule has 1 aromatic heterocycles. The maximum absolute atomic E-state index is 13.1. The number of carbonyl (C=O) groups excluding carboxylic acids is 1. The van der Waals surface area contributed by atoms with Crippen LogP contribution < -0.4 is 5.32 Å². The van der Waals surface area contributed by atoms with E-state index < -0.39 is 17.7 Å². The van der Waals surface area contributed by atoms with Gasteiger partial charge in [-0.2, -0.15) is 0 Å². The predicted molar refractivity (Wildman–Crippen MR) is 75.2 cm³/mol. The van der Waals surface area contributed by atoms with Gasteiger partial charge in [0.25, 0.3) is 5.91 Å². The van der Waals surface area contributed by atoms with Crippen molar-refractivity contribution in [3.05, 3.63) is 40.2 Å². The van der Waals surface area contributed by atoms with Gasteiger partial charge in [0.05, 0.1) is 16.9 Å². The number of aromatic nitrogens is 2. The fourth-order valence-electron chi connectivity index (χ4n) is 1.76. The second-order valence-electron chi connectivity index (χ2n) is 4.25. The average molecular weight is 309 g/mol. The molecule has 2 rings (SSSR count). The zero-order valence-corrected chi connectivity index (χ0v) is 11.9. The quantitative estimate of drug-likeness (QED) is 0.885. The number of nitrogens with one attached hydrogen (secondary N) is 1. The number of aryl methyl sites for hydroxylation is 1. The lowest BCUT2D eigenvalue weighted by Crippen LogP contribution is -2.15. The zero-order chi connectivity index (χ0) is 15.4. The minimum Gasteiger partial charge on any atom is -0.478 e. The molecule has 1 aromatic carbocycles. The van der Waals surface area contributed by atoms with Crippen molar-refractivity contribution in [2.45, 2.75) is 19.8 Å². The summed E-state index contributed by atoms with van der Waals surface area (Å²) in [6, 6.07) is 3.15. The number of nitrogens with zero attached hydrogens (tertiary/aromatic N) is 2. The van der Waals surface area contributed by atoms with E-state index in [2.05, 4.69) is 14.9 Å². The van der Waals surface area contributed by atoms with Gasteiger partial charge >= 0.3 is 5.97 Å². The summed E-state index contributed by atoms with van der Waals surface area (Å²) >= 11 is 0.940. The predicted octanol–water partition coefficient (Wildman–Crippen LogP) is 2.58. The van der Waals surface area contributed by atoms with Gasteiger partial charge in [-0.05, 0) is 36.2 Å². The summed E-state index contributed by atoms with van der Waals surface area (Å²) in [5.74, 6) is -2.50. The Morgan fingerprint density at radius 2 is 2.19 bits per heavy atom. The monoisotopic (exact) mass is 309 g/mol. The fraction of sp³-hybridized carbons (Fsp3) is 0.231. The molecular formula is C13H12FN3O3S. The van der Waals surface area contributed by atoms with Crippen molar-refractivity contribution in [1.82, 2.24) is 9.59 Å². The van der Waals surface area contributed by atoms with Crippen molar-refractivity contribution in [2.75, 3.05) is 5.32 Å². The number of hydrogen-bond donors (Lipinski definition) is 2. The number of rotatable bonds is 5. The van der Waals surface area contributed by atoms with Crippen molar-refractivity contribution in [1.29, 1.82) is 0 Å². The summed E-state index contributed by atoms with van der Waals surface area (Å²) in [5, 5.41) is 15.4. The van der Waals surface area contributed by atoms with Gasteiger partial charge in [-0.25, -0.2) is 9.18 Å². The molecule has 0 saturated heterocycles. The SMILES string of the molecule is CCCc1nnsc1C(=O)Nc1ccc(F)cc1C(=O)O. The summed E-state index contributed by atoms with van der Waals surface area (Å²) in [7, 11) is 0. The molecule has 1 amide bonds. The molecule has 0 saturated carbocycles. The molecule has 6 nitrogen and oxygen atoms in total. The third-order valence-corrected chi connectivity index (χ3v) is 3.48. The number of hydrogen-bond acceptors (Lipinski definition) is 5. The second kappa shape index (κ2) is 6.40. The van der Waals surface area contributed by atoms with Crippen molar-refractivity contribution in [3.63, 3.8) is 0 Å². The van der Waals surface area contributed by atoms with E-state index >= 15 is 0 Å². The highest BCUT2D eigenvalue weighted by atomic mass is 32.1. The largest absolute Gasteiger partial charge is 0.478 e. The molecule has 0 aliphatic carbocycles. The lowest BCUT2D eigenvalue weighted by Gasteiger charge is -2.08. The molecular weight excluding hydrogens is 297 g/mol. The van der Waals surface area contributed by atoms with E-state index in [4.69, 9.17) is 5.11 Å². The van der Waals surface area contributed by atoms with Gasteiger partial charge in [-0.3, -0.25) is 4.79 Å². The molecule has 0 unspecified atom stereocenters. The van der Waals surface area contributed by atoms with Crippen LogP contribution in [0.3, 0.4) is 0 Å². The number of halogens is 1.